The monoisotopic (exact) mass is 447 g/mol. The van der Waals surface area contributed by atoms with Gasteiger partial charge < -0.3 is 4.90 Å². The van der Waals surface area contributed by atoms with Crippen molar-refractivity contribution in [1.82, 2.24) is 20.2 Å². The van der Waals surface area contributed by atoms with Crippen molar-refractivity contribution in [3.05, 3.63) is 64.7 Å². The molecule has 0 aliphatic carbocycles. The first-order valence-electron chi connectivity index (χ1n) is 11.1. The first-order valence-corrected chi connectivity index (χ1v) is 11.1. The first-order chi connectivity index (χ1) is 15.9. The Morgan fingerprint density at radius 2 is 1.61 bits per heavy atom. The zero-order valence-corrected chi connectivity index (χ0v) is 18.4. The second kappa shape index (κ2) is 8.32. The number of rotatable bonds is 4. The Morgan fingerprint density at radius 3 is 2.33 bits per heavy atom. The van der Waals surface area contributed by atoms with E-state index >= 15 is 0 Å². The molecule has 0 spiro atoms. The minimum Gasteiger partial charge on any atom is -0.369 e. The molecule has 3 aliphatic heterocycles. The SMILES string of the molecule is Cc1cccc(N2CCN(Cc3ccc4c(c3)C(=O)N(N3CCC(=O)NC3=O)C4=O)CC2)c1. The topological polar surface area (TPSA) is 93.3 Å². The van der Waals surface area contributed by atoms with Gasteiger partial charge in [-0.3, -0.25) is 24.6 Å². The van der Waals surface area contributed by atoms with Crippen LogP contribution in [-0.2, 0) is 11.3 Å². The van der Waals surface area contributed by atoms with E-state index in [9.17, 15) is 19.2 Å². The summed E-state index contributed by atoms with van der Waals surface area (Å²) in [7, 11) is 0. The van der Waals surface area contributed by atoms with Crippen molar-refractivity contribution >= 4 is 29.4 Å². The molecule has 2 saturated heterocycles. The quantitative estimate of drug-likeness (QED) is 0.718. The molecule has 2 aromatic rings. The molecule has 1 N–H and O–H groups in total. The number of hydrazine groups is 1. The normalized spacial score (nSPS) is 19.2. The van der Waals surface area contributed by atoms with Crippen LogP contribution in [-0.4, -0.2) is 71.4 Å². The predicted molar refractivity (Wildman–Crippen MR) is 120 cm³/mol. The fourth-order valence-electron chi connectivity index (χ4n) is 4.59. The van der Waals surface area contributed by atoms with Crippen LogP contribution < -0.4 is 10.2 Å². The number of piperazine rings is 1. The van der Waals surface area contributed by atoms with E-state index in [-0.39, 0.29) is 18.5 Å². The van der Waals surface area contributed by atoms with Crippen molar-refractivity contribution in [2.24, 2.45) is 0 Å². The van der Waals surface area contributed by atoms with Crippen LogP contribution in [0, 0.1) is 6.92 Å². The van der Waals surface area contributed by atoms with Crippen molar-refractivity contribution in [2.45, 2.75) is 19.9 Å². The highest BCUT2D eigenvalue weighted by molar-refractivity contribution is 6.22. The lowest BCUT2D eigenvalue weighted by molar-refractivity contribution is -0.122. The Bertz CT molecular complexity index is 1160. The number of benzene rings is 2. The highest BCUT2D eigenvalue weighted by Crippen LogP contribution is 2.27. The number of imide groups is 2. The Morgan fingerprint density at radius 1 is 0.848 bits per heavy atom. The van der Waals surface area contributed by atoms with Gasteiger partial charge in [0.1, 0.15) is 0 Å². The van der Waals surface area contributed by atoms with E-state index in [2.05, 4.69) is 46.3 Å². The van der Waals surface area contributed by atoms with Gasteiger partial charge in [0.05, 0.1) is 17.7 Å². The highest BCUT2D eigenvalue weighted by Gasteiger charge is 2.43. The summed E-state index contributed by atoms with van der Waals surface area (Å²) < 4.78 is 0. The van der Waals surface area contributed by atoms with E-state index in [0.717, 1.165) is 41.8 Å². The molecule has 9 nitrogen and oxygen atoms in total. The molecule has 33 heavy (non-hydrogen) atoms. The average Bonchev–Trinajstić information content (AvgIpc) is 3.04. The third-order valence-electron chi connectivity index (χ3n) is 6.35. The molecule has 2 aromatic carbocycles. The lowest BCUT2D eigenvalue weighted by Crippen LogP contribution is -2.58. The van der Waals surface area contributed by atoms with Gasteiger partial charge in [0.25, 0.3) is 11.8 Å². The van der Waals surface area contributed by atoms with Gasteiger partial charge >= 0.3 is 6.03 Å². The highest BCUT2D eigenvalue weighted by atomic mass is 16.2. The van der Waals surface area contributed by atoms with Crippen molar-refractivity contribution in [1.29, 1.82) is 0 Å². The molecule has 170 valence electrons. The average molecular weight is 447 g/mol. The third-order valence-corrected chi connectivity index (χ3v) is 6.35. The van der Waals surface area contributed by atoms with Crippen molar-refractivity contribution in [3.8, 4) is 0 Å². The number of hydrogen-bond acceptors (Lipinski definition) is 6. The van der Waals surface area contributed by atoms with Crippen molar-refractivity contribution in [2.75, 3.05) is 37.6 Å². The Kier molecular flexibility index (Phi) is 5.33. The minimum atomic E-state index is -0.757. The smallest absolute Gasteiger partial charge is 0.343 e. The molecule has 3 aliphatic rings. The lowest BCUT2D eigenvalue weighted by Gasteiger charge is -2.36. The molecule has 0 radical (unpaired) electrons. The summed E-state index contributed by atoms with van der Waals surface area (Å²) in [6.45, 7) is 6.39. The molecule has 2 fully saturated rings. The number of amides is 5. The van der Waals surface area contributed by atoms with Crippen LogP contribution in [0.5, 0.6) is 0 Å². The molecule has 5 rings (SSSR count). The molecule has 9 heteroatoms. The summed E-state index contributed by atoms with van der Waals surface area (Å²) in [6.07, 6.45) is 0.0406. The maximum absolute atomic E-state index is 13.0. The molecule has 0 saturated carbocycles. The van der Waals surface area contributed by atoms with Gasteiger partial charge in [-0.25, -0.2) is 9.80 Å². The molecule has 0 aromatic heterocycles. The Hall–Kier alpha value is -3.72. The number of nitrogens with one attached hydrogen (secondary N) is 1. The Labute approximate surface area is 191 Å². The summed E-state index contributed by atoms with van der Waals surface area (Å²) in [5.41, 5.74) is 3.99. The summed E-state index contributed by atoms with van der Waals surface area (Å²) >= 11 is 0. The van der Waals surface area contributed by atoms with E-state index in [0.29, 0.717) is 12.1 Å². The van der Waals surface area contributed by atoms with Gasteiger partial charge in [-0.05, 0) is 42.3 Å². The van der Waals surface area contributed by atoms with Crippen LogP contribution in [0.25, 0.3) is 0 Å². The Balaban J connectivity index is 1.26. The maximum atomic E-state index is 13.0. The fourth-order valence-corrected chi connectivity index (χ4v) is 4.59. The first kappa shape index (κ1) is 21.1. The number of hydrogen-bond donors (Lipinski definition) is 1. The van der Waals surface area contributed by atoms with Crippen molar-refractivity contribution < 1.29 is 19.2 Å². The van der Waals surface area contributed by atoms with E-state index in [1.165, 1.54) is 11.3 Å². The zero-order chi connectivity index (χ0) is 23.1. The number of carbonyl (C=O) groups is 4. The van der Waals surface area contributed by atoms with Crippen LogP contribution in [0.15, 0.2) is 42.5 Å². The van der Waals surface area contributed by atoms with Gasteiger partial charge in [-0.2, -0.15) is 5.01 Å². The van der Waals surface area contributed by atoms with Crippen molar-refractivity contribution in [3.63, 3.8) is 0 Å². The summed E-state index contributed by atoms with van der Waals surface area (Å²) in [5, 5.41) is 4.00. The van der Waals surface area contributed by atoms with E-state index in [4.69, 9.17) is 0 Å². The number of fused-ring (bicyclic) bond motifs is 1. The van der Waals surface area contributed by atoms with Gasteiger partial charge in [0, 0.05) is 44.8 Å². The van der Waals surface area contributed by atoms with E-state index < -0.39 is 23.8 Å². The second-order valence-electron chi connectivity index (χ2n) is 8.63. The van der Waals surface area contributed by atoms with Crippen LogP contribution in [0.3, 0.4) is 0 Å². The molecular formula is C24H25N5O4. The second-order valence-corrected chi connectivity index (χ2v) is 8.63. The summed E-state index contributed by atoms with van der Waals surface area (Å²) in [5.74, 6) is -1.50. The number of aryl methyl sites for hydroxylation is 1. The van der Waals surface area contributed by atoms with Gasteiger partial charge in [-0.1, -0.05) is 18.2 Å². The minimum absolute atomic E-state index is 0.00574. The third kappa shape index (κ3) is 3.95. The number of nitrogens with zero attached hydrogens (tertiary/aromatic N) is 4. The predicted octanol–water partition coefficient (Wildman–Crippen LogP) is 1.77. The number of anilines is 1. The van der Waals surface area contributed by atoms with E-state index in [1.54, 1.807) is 12.1 Å². The lowest BCUT2D eigenvalue weighted by atomic mass is 10.1. The van der Waals surface area contributed by atoms with Gasteiger partial charge in [-0.15, -0.1) is 0 Å². The van der Waals surface area contributed by atoms with Crippen LogP contribution in [0.1, 0.15) is 38.3 Å². The zero-order valence-electron chi connectivity index (χ0n) is 18.4. The molecular weight excluding hydrogens is 422 g/mol. The molecule has 0 bridgehead atoms. The number of carbonyl (C=O) groups excluding carboxylic acids is 4. The summed E-state index contributed by atoms with van der Waals surface area (Å²) in [4.78, 5) is 54.1. The van der Waals surface area contributed by atoms with Crippen LogP contribution in [0.2, 0.25) is 0 Å². The molecule has 3 heterocycles. The van der Waals surface area contributed by atoms with Gasteiger partial charge in [0.2, 0.25) is 5.91 Å². The molecule has 0 unspecified atom stereocenters. The van der Waals surface area contributed by atoms with Gasteiger partial charge in [0.15, 0.2) is 0 Å². The number of urea groups is 1. The maximum Gasteiger partial charge on any atom is 0.343 e. The largest absolute Gasteiger partial charge is 0.369 e. The fraction of sp³-hybridized carbons (Fsp3) is 0.333. The standard InChI is InChI=1S/C24H25N5O4/c1-16-3-2-4-18(13-16)27-11-9-26(10-12-27)15-17-5-6-19-20(14-17)23(32)29(22(19)31)28-8-7-21(30)25-24(28)33/h2-6,13-14H,7-12,15H2,1H3,(H,25,30,33). The van der Waals surface area contributed by atoms with Crippen LogP contribution in [0.4, 0.5) is 10.5 Å². The van der Waals surface area contributed by atoms with Crippen LogP contribution >= 0.6 is 0 Å². The summed E-state index contributed by atoms with van der Waals surface area (Å²) in [6, 6.07) is 13.0. The molecule has 0 atom stereocenters. The van der Waals surface area contributed by atoms with E-state index in [1.807, 2.05) is 6.07 Å². The molecule has 5 amide bonds.